The number of hydrogen-bond acceptors (Lipinski definition) is 3. The molecule has 0 aliphatic heterocycles. The van der Waals surface area contributed by atoms with E-state index in [0.29, 0.717) is 18.9 Å². The van der Waals surface area contributed by atoms with Gasteiger partial charge in [-0.25, -0.2) is 4.39 Å². The lowest BCUT2D eigenvalue weighted by Crippen LogP contribution is -2.01. The van der Waals surface area contributed by atoms with Crippen LogP contribution in [0.3, 0.4) is 0 Å². The molecule has 0 aromatic heterocycles. The molecule has 90 valence electrons. The largest absolute Gasteiger partial charge is 0.493 e. The summed E-state index contributed by atoms with van der Waals surface area (Å²) in [5, 5.41) is 8.58. The van der Waals surface area contributed by atoms with Crippen molar-refractivity contribution in [3.63, 3.8) is 0 Å². The number of halogens is 1. The third-order valence-electron chi connectivity index (χ3n) is 2.24. The Morgan fingerprint density at radius 2 is 2.00 bits per heavy atom. The first-order valence-electron chi connectivity index (χ1n) is 5.49. The van der Waals surface area contributed by atoms with Gasteiger partial charge in [0.15, 0.2) is 0 Å². The summed E-state index contributed by atoms with van der Waals surface area (Å²) < 4.78 is 18.5. The summed E-state index contributed by atoms with van der Waals surface area (Å²) in [6.45, 7) is 1.05. The van der Waals surface area contributed by atoms with E-state index in [4.69, 9.17) is 15.6 Å². The van der Waals surface area contributed by atoms with Crippen molar-refractivity contribution in [3.05, 3.63) is 29.6 Å². The van der Waals surface area contributed by atoms with Gasteiger partial charge in [-0.3, -0.25) is 0 Å². The molecule has 0 spiro atoms. The summed E-state index contributed by atoms with van der Waals surface area (Å²) in [5.41, 5.74) is 6.16. The normalized spacial score (nSPS) is 10.4. The molecule has 0 fully saturated rings. The quantitative estimate of drug-likeness (QED) is 0.699. The molecule has 1 aromatic carbocycles. The second-order valence-corrected chi connectivity index (χ2v) is 3.63. The monoisotopic (exact) mass is 227 g/mol. The van der Waals surface area contributed by atoms with E-state index in [1.165, 1.54) is 12.1 Å². The Morgan fingerprint density at radius 3 is 2.69 bits per heavy atom. The van der Waals surface area contributed by atoms with Crippen molar-refractivity contribution in [2.24, 2.45) is 5.73 Å². The first-order chi connectivity index (χ1) is 7.76. The maximum atomic E-state index is 13.1. The molecule has 0 radical (unpaired) electrons. The van der Waals surface area contributed by atoms with Crippen LogP contribution in [-0.4, -0.2) is 18.3 Å². The topological polar surface area (TPSA) is 55.5 Å². The van der Waals surface area contributed by atoms with E-state index in [2.05, 4.69) is 0 Å². The number of aliphatic hydroxyl groups excluding tert-OH is 1. The Kier molecular flexibility index (Phi) is 5.82. The molecule has 1 aromatic rings. The molecule has 3 N–H and O–H groups in total. The van der Waals surface area contributed by atoms with Crippen LogP contribution in [-0.2, 0) is 6.54 Å². The van der Waals surface area contributed by atoms with Gasteiger partial charge in [-0.1, -0.05) is 0 Å². The van der Waals surface area contributed by atoms with Crippen molar-refractivity contribution in [2.75, 3.05) is 13.2 Å². The highest BCUT2D eigenvalue weighted by Gasteiger charge is 2.00. The van der Waals surface area contributed by atoms with Gasteiger partial charge in [0.1, 0.15) is 11.6 Å². The van der Waals surface area contributed by atoms with E-state index in [-0.39, 0.29) is 12.4 Å². The SMILES string of the molecule is NCc1cc(F)cc(OCCCCCO)c1. The van der Waals surface area contributed by atoms with E-state index in [9.17, 15) is 4.39 Å². The van der Waals surface area contributed by atoms with Crippen LogP contribution >= 0.6 is 0 Å². The van der Waals surface area contributed by atoms with Crippen molar-refractivity contribution in [1.82, 2.24) is 0 Å². The van der Waals surface area contributed by atoms with Crippen LogP contribution in [0.25, 0.3) is 0 Å². The van der Waals surface area contributed by atoms with Gasteiger partial charge < -0.3 is 15.6 Å². The molecular formula is C12H18FNO2. The lowest BCUT2D eigenvalue weighted by Gasteiger charge is -2.07. The zero-order valence-electron chi connectivity index (χ0n) is 9.29. The predicted molar refractivity (Wildman–Crippen MR) is 60.7 cm³/mol. The second-order valence-electron chi connectivity index (χ2n) is 3.63. The van der Waals surface area contributed by atoms with Gasteiger partial charge in [0.25, 0.3) is 0 Å². The van der Waals surface area contributed by atoms with Crippen molar-refractivity contribution >= 4 is 0 Å². The number of nitrogens with two attached hydrogens (primary N) is 1. The van der Waals surface area contributed by atoms with Crippen LogP contribution in [0, 0.1) is 5.82 Å². The standard InChI is InChI=1S/C12H18FNO2/c13-11-6-10(9-14)7-12(8-11)16-5-3-1-2-4-15/h6-8,15H,1-5,9,14H2. The van der Waals surface area contributed by atoms with Crippen LogP contribution in [0.5, 0.6) is 5.75 Å². The number of hydrogen-bond donors (Lipinski definition) is 2. The average Bonchev–Trinajstić information content (AvgIpc) is 2.28. The summed E-state index contributed by atoms with van der Waals surface area (Å²) in [5.74, 6) is 0.192. The second kappa shape index (κ2) is 7.19. The molecule has 0 atom stereocenters. The van der Waals surface area contributed by atoms with Gasteiger partial charge in [-0.05, 0) is 37.0 Å². The van der Waals surface area contributed by atoms with Gasteiger partial charge in [0, 0.05) is 19.2 Å². The zero-order valence-corrected chi connectivity index (χ0v) is 9.29. The highest BCUT2D eigenvalue weighted by atomic mass is 19.1. The van der Waals surface area contributed by atoms with Crippen LogP contribution in [0.2, 0.25) is 0 Å². The van der Waals surface area contributed by atoms with E-state index in [0.717, 1.165) is 24.8 Å². The Balaban J connectivity index is 2.38. The number of rotatable bonds is 7. The Hall–Kier alpha value is -1.13. The van der Waals surface area contributed by atoms with E-state index < -0.39 is 0 Å². The Labute approximate surface area is 95.0 Å². The number of ether oxygens (including phenoxy) is 1. The molecule has 0 amide bonds. The predicted octanol–water partition coefficient (Wildman–Crippen LogP) is 1.83. The summed E-state index contributed by atoms with van der Waals surface area (Å²) in [6.07, 6.45) is 2.55. The Morgan fingerprint density at radius 1 is 1.19 bits per heavy atom. The molecule has 0 aliphatic carbocycles. The van der Waals surface area contributed by atoms with Crippen molar-refractivity contribution < 1.29 is 14.2 Å². The first-order valence-corrected chi connectivity index (χ1v) is 5.49. The molecule has 0 saturated heterocycles. The summed E-state index contributed by atoms with van der Waals surface area (Å²) in [4.78, 5) is 0. The minimum absolute atomic E-state index is 0.206. The van der Waals surface area contributed by atoms with E-state index in [1.807, 2.05) is 0 Å². The van der Waals surface area contributed by atoms with Crippen molar-refractivity contribution in [1.29, 1.82) is 0 Å². The molecule has 0 aliphatic rings. The maximum absolute atomic E-state index is 13.1. The molecule has 0 unspecified atom stereocenters. The van der Waals surface area contributed by atoms with Gasteiger partial charge in [-0.2, -0.15) is 0 Å². The molecule has 0 heterocycles. The molecule has 1 rings (SSSR count). The molecule has 0 saturated carbocycles. The molecule has 16 heavy (non-hydrogen) atoms. The third kappa shape index (κ3) is 4.59. The fraction of sp³-hybridized carbons (Fsp3) is 0.500. The summed E-state index contributed by atoms with van der Waals surface area (Å²) in [6, 6.07) is 4.50. The average molecular weight is 227 g/mol. The summed E-state index contributed by atoms with van der Waals surface area (Å²) in [7, 11) is 0. The van der Waals surface area contributed by atoms with Crippen LogP contribution in [0.4, 0.5) is 4.39 Å². The van der Waals surface area contributed by atoms with Gasteiger partial charge in [0.2, 0.25) is 0 Å². The molecule has 0 bridgehead atoms. The lowest BCUT2D eigenvalue weighted by atomic mass is 10.2. The fourth-order valence-corrected chi connectivity index (χ4v) is 1.40. The smallest absolute Gasteiger partial charge is 0.127 e. The fourth-order valence-electron chi connectivity index (χ4n) is 1.40. The Bertz CT molecular complexity index is 318. The highest BCUT2D eigenvalue weighted by molar-refractivity contribution is 5.29. The van der Waals surface area contributed by atoms with Gasteiger partial charge in [0.05, 0.1) is 6.61 Å². The third-order valence-corrected chi connectivity index (χ3v) is 2.24. The zero-order chi connectivity index (χ0) is 11.8. The highest BCUT2D eigenvalue weighted by Crippen LogP contribution is 2.16. The van der Waals surface area contributed by atoms with Crippen LogP contribution in [0.15, 0.2) is 18.2 Å². The number of benzene rings is 1. The lowest BCUT2D eigenvalue weighted by molar-refractivity contribution is 0.265. The van der Waals surface area contributed by atoms with Gasteiger partial charge in [-0.15, -0.1) is 0 Å². The number of unbranched alkanes of at least 4 members (excludes halogenated alkanes) is 2. The number of aliphatic hydroxyl groups is 1. The van der Waals surface area contributed by atoms with Crippen LogP contribution in [0.1, 0.15) is 24.8 Å². The van der Waals surface area contributed by atoms with Gasteiger partial charge >= 0.3 is 0 Å². The minimum Gasteiger partial charge on any atom is -0.493 e. The van der Waals surface area contributed by atoms with Crippen molar-refractivity contribution in [3.8, 4) is 5.75 Å². The molecular weight excluding hydrogens is 209 g/mol. The van der Waals surface area contributed by atoms with E-state index >= 15 is 0 Å². The van der Waals surface area contributed by atoms with Crippen molar-refractivity contribution in [2.45, 2.75) is 25.8 Å². The summed E-state index contributed by atoms with van der Waals surface area (Å²) >= 11 is 0. The molecule has 3 nitrogen and oxygen atoms in total. The minimum atomic E-state index is -0.326. The maximum Gasteiger partial charge on any atom is 0.127 e. The molecule has 4 heteroatoms. The van der Waals surface area contributed by atoms with Crippen LogP contribution < -0.4 is 10.5 Å². The first kappa shape index (κ1) is 12.9. The van der Waals surface area contributed by atoms with E-state index in [1.54, 1.807) is 6.07 Å².